The van der Waals surface area contributed by atoms with Gasteiger partial charge >= 0.3 is 0 Å². The molecular formula is C28H23N5O4. The van der Waals surface area contributed by atoms with E-state index in [9.17, 15) is 14.7 Å². The lowest BCUT2D eigenvalue weighted by Crippen LogP contribution is -2.41. The Hall–Kier alpha value is -4.92. The van der Waals surface area contributed by atoms with E-state index in [1.807, 2.05) is 30.3 Å². The molecule has 0 unspecified atom stereocenters. The Morgan fingerprint density at radius 3 is 2.78 bits per heavy atom. The molecular weight excluding hydrogens is 470 g/mol. The molecule has 3 aromatic heterocycles. The number of imidazole rings is 1. The molecule has 0 saturated carbocycles. The minimum absolute atomic E-state index is 0.0515. The van der Waals surface area contributed by atoms with Gasteiger partial charge in [0.1, 0.15) is 11.6 Å². The van der Waals surface area contributed by atoms with Crippen molar-refractivity contribution >= 4 is 16.9 Å². The molecule has 0 radical (unpaired) electrons. The Balaban J connectivity index is 1.32. The minimum Gasteiger partial charge on any atom is -0.507 e. The van der Waals surface area contributed by atoms with E-state index in [1.54, 1.807) is 53.1 Å². The van der Waals surface area contributed by atoms with E-state index in [1.165, 1.54) is 6.07 Å². The lowest BCUT2D eigenvalue weighted by molar-refractivity contribution is 0.0708. The van der Waals surface area contributed by atoms with E-state index in [2.05, 4.69) is 15.0 Å². The van der Waals surface area contributed by atoms with Crippen molar-refractivity contribution in [2.75, 3.05) is 13.7 Å². The van der Waals surface area contributed by atoms with Crippen LogP contribution in [0.3, 0.4) is 0 Å². The van der Waals surface area contributed by atoms with Gasteiger partial charge in [0.15, 0.2) is 0 Å². The maximum atomic E-state index is 13.3. The van der Waals surface area contributed by atoms with Crippen LogP contribution in [0.15, 0.2) is 77.7 Å². The third kappa shape index (κ3) is 4.00. The largest absolute Gasteiger partial charge is 0.507 e. The number of carbonyl (C=O) groups excluding carboxylic acids is 1. The molecule has 9 nitrogen and oxygen atoms in total. The number of carbonyl (C=O) groups is 1. The van der Waals surface area contributed by atoms with Gasteiger partial charge in [-0.1, -0.05) is 12.1 Å². The smallest absolute Gasteiger partial charge is 0.254 e. The quantitative estimate of drug-likeness (QED) is 0.394. The number of aromatic amines is 1. The fraction of sp³-hybridized carbons (Fsp3) is 0.143. The van der Waals surface area contributed by atoms with Gasteiger partial charge in [-0.25, -0.2) is 9.97 Å². The van der Waals surface area contributed by atoms with Gasteiger partial charge in [0.2, 0.25) is 5.88 Å². The number of aromatic hydroxyl groups is 1. The van der Waals surface area contributed by atoms with Crippen LogP contribution in [0.25, 0.3) is 33.5 Å². The summed E-state index contributed by atoms with van der Waals surface area (Å²) in [5.74, 6) is 0.914. The summed E-state index contributed by atoms with van der Waals surface area (Å²) in [7, 11) is 1.56. The Labute approximate surface area is 211 Å². The van der Waals surface area contributed by atoms with Crippen molar-refractivity contribution < 1.29 is 14.6 Å². The number of nitrogens with one attached hydrogen (secondary N) is 1. The van der Waals surface area contributed by atoms with E-state index in [0.29, 0.717) is 48.0 Å². The van der Waals surface area contributed by atoms with Crippen molar-refractivity contribution in [2.24, 2.45) is 0 Å². The number of ether oxygens (including phenoxy) is 1. The Kier molecular flexibility index (Phi) is 5.45. The number of H-pyrrole nitrogens is 1. The topological polar surface area (TPSA) is 113 Å². The van der Waals surface area contributed by atoms with Crippen LogP contribution in [-0.2, 0) is 13.1 Å². The second-order valence-electron chi connectivity index (χ2n) is 8.84. The van der Waals surface area contributed by atoms with Crippen LogP contribution in [-0.4, -0.2) is 49.1 Å². The molecule has 9 heteroatoms. The molecule has 0 atom stereocenters. The molecule has 1 aliphatic rings. The normalized spacial score (nSPS) is 12.9. The highest BCUT2D eigenvalue weighted by Crippen LogP contribution is 2.35. The van der Waals surface area contributed by atoms with Crippen molar-refractivity contribution in [3.05, 3.63) is 94.5 Å². The third-order valence-electron chi connectivity index (χ3n) is 6.63. The van der Waals surface area contributed by atoms with E-state index < -0.39 is 0 Å². The lowest BCUT2D eigenvalue weighted by Gasteiger charge is -2.29. The zero-order chi connectivity index (χ0) is 25.5. The fourth-order valence-corrected chi connectivity index (χ4v) is 4.74. The molecule has 2 aromatic carbocycles. The highest BCUT2D eigenvalue weighted by Gasteiger charge is 2.23. The highest BCUT2D eigenvalue weighted by atomic mass is 16.5. The first-order chi connectivity index (χ1) is 18.0. The summed E-state index contributed by atoms with van der Waals surface area (Å²) in [5.41, 5.74) is 4.75. The summed E-state index contributed by atoms with van der Waals surface area (Å²) in [6.45, 7) is 1.29. The van der Waals surface area contributed by atoms with Crippen LogP contribution < -0.4 is 10.3 Å². The highest BCUT2D eigenvalue weighted by molar-refractivity contribution is 5.98. The molecule has 0 bridgehead atoms. The van der Waals surface area contributed by atoms with Crippen molar-refractivity contribution in [1.82, 2.24) is 24.4 Å². The van der Waals surface area contributed by atoms with Gasteiger partial charge in [0.25, 0.3) is 11.5 Å². The predicted octanol–water partition coefficient (Wildman–Crippen LogP) is 3.82. The first-order valence-corrected chi connectivity index (χ1v) is 11.8. The lowest BCUT2D eigenvalue weighted by atomic mass is 10.0. The Morgan fingerprint density at radius 1 is 1.03 bits per heavy atom. The summed E-state index contributed by atoms with van der Waals surface area (Å²) in [6, 6.07) is 19.4. The van der Waals surface area contributed by atoms with Gasteiger partial charge in [-0.2, -0.15) is 0 Å². The van der Waals surface area contributed by atoms with Crippen molar-refractivity contribution in [3.63, 3.8) is 0 Å². The van der Waals surface area contributed by atoms with Crippen LogP contribution in [0.1, 0.15) is 16.1 Å². The van der Waals surface area contributed by atoms with Crippen LogP contribution in [0, 0.1) is 0 Å². The fourth-order valence-electron chi connectivity index (χ4n) is 4.74. The summed E-state index contributed by atoms with van der Waals surface area (Å²) >= 11 is 0. The third-order valence-corrected chi connectivity index (χ3v) is 6.63. The number of aromatic nitrogens is 4. The summed E-state index contributed by atoms with van der Waals surface area (Å²) in [6.07, 6.45) is 1.66. The van der Waals surface area contributed by atoms with Crippen molar-refractivity contribution in [1.29, 1.82) is 0 Å². The number of nitrogens with zero attached hydrogens (tertiary/aromatic N) is 4. The molecule has 0 fully saturated rings. The van der Waals surface area contributed by atoms with E-state index in [4.69, 9.17) is 4.74 Å². The van der Waals surface area contributed by atoms with Gasteiger partial charge < -0.3 is 24.3 Å². The maximum absolute atomic E-state index is 13.3. The number of rotatable bonds is 4. The SMILES string of the molecule is COc1ncccc1-c1ccc(O)c(-c2nc3cc(C(=O)N4CCn5c(cccc5=O)C4)ccc3[nH]2)c1. The summed E-state index contributed by atoms with van der Waals surface area (Å²) in [5, 5.41) is 10.6. The molecule has 1 amide bonds. The second-order valence-corrected chi connectivity index (χ2v) is 8.84. The molecule has 184 valence electrons. The number of methoxy groups -OCH3 is 1. The number of hydrogen-bond acceptors (Lipinski definition) is 6. The van der Waals surface area contributed by atoms with Gasteiger partial charge in [-0.3, -0.25) is 9.59 Å². The first-order valence-electron chi connectivity index (χ1n) is 11.8. The van der Waals surface area contributed by atoms with Crippen molar-refractivity contribution in [2.45, 2.75) is 13.1 Å². The van der Waals surface area contributed by atoms with Gasteiger partial charge in [-0.05, 0) is 54.1 Å². The van der Waals surface area contributed by atoms with Gasteiger partial charge in [0, 0.05) is 42.2 Å². The number of amides is 1. The predicted molar refractivity (Wildman–Crippen MR) is 138 cm³/mol. The molecule has 4 heterocycles. The van der Waals surface area contributed by atoms with Crippen molar-refractivity contribution in [3.8, 4) is 34.1 Å². The second kappa shape index (κ2) is 8.94. The van der Waals surface area contributed by atoms with E-state index in [0.717, 1.165) is 22.3 Å². The number of benzene rings is 2. The molecule has 5 aromatic rings. The standard InChI is InChI=1S/C28H23N5O4/c1-37-27-20(5-3-11-29-27)17-8-10-24(34)21(14-17)26-30-22-9-7-18(15-23(22)31-26)28(36)32-12-13-33-19(16-32)4-2-6-25(33)35/h2-11,14-15,34H,12-13,16H2,1H3,(H,30,31). The maximum Gasteiger partial charge on any atom is 0.254 e. The van der Waals surface area contributed by atoms with E-state index >= 15 is 0 Å². The van der Waals surface area contributed by atoms with Crippen LogP contribution in [0.4, 0.5) is 0 Å². The molecule has 2 N–H and O–H groups in total. The molecule has 6 rings (SSSR count). The van der Waals surface area contributed by atoms with E-state index in [-0.39, 0.29) is 17.2 Å². The summed E-state index contributed by atoms with van der Waals surface area (Å²) < 4.78 is 7.09. The van der Waals surface area contributed by atoms with Crippen LogP contribution >= 0.6 is 0 Å². The molecule has 0 aliphatic carbocycles. The number of fused-ring (bicyclic) bond motifs is 2. The first kappa shape index (κ1) is 22.5. The average Bonchev–Trinajstić information content (AvgIpc) is 3.36. The Morgan fingerprint density at radius 2 is 1.92 bits per heavy atom. The molecule has 1 aliphatic heterocycles. The number of pyridine rings is 2. The van der Waals surface area contributed by atoms with Gasteiger partial charge in [-0.15, -0.1) is 0 Å². The van der Waals surface area contributed by atoms with Gasteiger partial charge in [0.05, 0.1) is 30.3 Å². The molecule has 37 heavy (non-hydrogen) atoms. The minimum atomic E-state index is -0.123. The molecule has 0 spiro atoms. The number of phenols is 1. The Bertz CT molecular complexity index is 1720. The van der Waals surface area contributed by atoms with Crippen LogP contribution in [0.2, 0.25) is 0 Å². The number of phenolic OH excluding ortho intramolecular Hbond substituents is 1. The molecule has 0 saturated heterocycles. The number of hydrogen-bond donors (Lipinski definition) is 2. The zero-order valence-corrected chi connectivity index (χ0v) is 20.0. The summed E-state index contributed by atoms with van der Waals surface area (Å²) in [4.78, 5) is 39.2. The average molecular weight is 494 g/mol. The zero-order valence-electron chi connectivity index (χ0n) is 20.0. The monoisotopic (exact) mass is 493 g/mol. The van der Waals surface area contributed by atoms with Crippen LogP contribution in [0.5, 0.6) is 11.6 Å².